The minimum absolute atomic E-state index is 0.00715. The van der Waals surface area contributed by atoms with E-state index in [9.17, 15) is 26.4 Å². The third-order valence-electron chi connectivity index (χ3n) is 5.71. The SMILES string of the molecule is COS(=O)(=O)C(C)(C)c1ccc2sc(C(=O)Nc3cc(Cl)nc(Oc4ccc(C(F)(F)F)cc4)c3)cc2c1. The first-order valence-corrected chi connectivity index (χ1v) is 13.5. The van der Waals surface area contributed by atoms with Gasteiger partial charge in [-0.2, -0.15) is 21.6 Å². The first-order valence-electron chi connectivity index (χ1n) is 10.9. The van der Waals surface area contributed by atoms with Gasteiger partial charge in [0.1, 0.15) is 15.6 Å². The number of alkyl halides is 3. The number of fused-ring (bicyclic) bond motifs is 1. The average Bonchev–Trinajstić information content (AvgIpc) is 3.27. The number of ether oxygens (including phenoxy) is 1. The monoisotopic (exact) mass is 584 g/mol. The topological polar surface area (TPSA) is 94.6 Å². The normalized spacial score (nSPS) is 12.5. The molecule has 4 rings (SSSR count). The molecule has 0 bridgehead atoms. The molecular formula is C25H20ClF3N2O5S2. The molecule has 38 heavy (non-hydrogen) atoms. The van der Waals surface area contributed by atoms with Crippen molar-refractivity contribution in [3.05, 3.63) is 81.8 Å². The zero-order valence-electron chi connectivity index (χ0n) is 20.1. The lowest BCUT2D eigenvalue weighted by molar-refractivity contribution is -0.137. The Bertz CT molecular complexity index is 1620. The second kappa shape index (κ2) is 10.2. The quantitative estimate of drug-likeness (QED) is 0.182. The summed E-state index contributed by atoms with van der Waals surface area (Å²) in [5, 5.41) is 3.37. The van der Waals surface area contributed by atoms with Crippen LogP contribution in [0.4, 0.5) is 18.9 Å². The minimum Gasteiger partial charge on any atom is -0.439 e. The number of anilines is 1. The zero-order chi connectivity index (χ0) is 27.9. The van der Waals surface area contributed by atoms with Crippen molar-refractivity contribution >= 4 is 54.7 Å². The van der Waals surface area contributed by atoms with Crippen molar-refractivity contribution in [3.63, 3.8) is 0 Å². The van der Waals surface area contributed by atoms with Gasteiger partial charge < -0.3 is 10.1 Å². The molecule has 13 heteroatoms. The standard InChI is InChI=1S/C25H20ClF3N2O5S2/c1-24(2,38(33,34)35-3)16-6-9-19-14(10-16)11-20(37-19)23(32)30-17-12-21(26)31-22(13-17)36-18-7-4-15(5-8-18)25(27,28)29/h4-13H,1-3H3,(H,30,31,32). The smallest absolute Gasteiger partial charge is 0.416 e. The van der Waals surface area contributed by atoms with Crippen LogP contribution in [-0.4, -0.2) is 26.4 Å². The molecule has 0 aliphatic carbocycles. The summed E-state index contributed by atoms with van der Waals surface area (Å²) in [5.41, 5.74) is -0.0684. The predicted octanol–water partition coefficient (Wildman–Crippen LogP) is 7.22. The Morgan fingerprint density at radius 1 is 1.00 bits per heavy atom. The summed E-state index contributed by atoms with van der Waals surface area (Å²) >= 11 is 7.26. The number of halogens is 4. The van der Waals surface area contributed by atoms with E-state index < -0.39 is 32.5 Å². The molecular weight excluding hydrogens is 565 g/mol. The molecule has 7 nitrogen and oxygen atoms in total. The van der Waals surface area contributed by atoms with Gasteiger partial charge in [0.15, 0.2) is 0 Å². The molecule has 0 aliphatic rings. The molecule has 0 saturated heterocycles. The van der Waals surface area contributed by atoms with Gasteiger partial charge in [-0.05, 0) is 73.3 Å². The van der Waals surface area contributed by atoms with Gasteiger partial charge in [-0.3, -0.25) is 8.98 Å². The van der Waals surface area contributed by atoms with Gasteiger partial charge in [0, 0.05) is 16.5 Å². The van der Waals surface area contributed by atoms with Crippen LogP contribution in [0.2, 0.25) is 5.15 Å². The highest BCUT2D eigenvalue weighted by atomic mass is 35.5. The van der Waals surface area contributed by atoms with Crippen molar-refractivity contribution < 1.29 is 35.3 Å². The Hall–Kier alpha value is -3.19. The lowest BCUT2D eigenvalue weighted by Crippen LogP contribution is -2.30. The molecule has 0 saturated carbocycles. The molecule has 0 unspecified atom stereocenters. The second-order valence-corrected chi connectivity index (χ2v) is 12.3. The molecule has 0 fully saturated rings. The number of aromatic nitrogens is 1. The summed E-state index contributed by atoms with van der Waals surface area (Å²) < 4.78 is 72.7. The number of hydrogen-bond acceptors (Lipinski definition) is 7. The molecule has 0 radical (unpaired) electrons. The fourth-order valence-electron chi connectivity index (χ4n) is 3.51. The van der Waals surface area contributed by atoms with E-state index in [1.54, 1.807) is 24.3 Å². The van der Waals surface area contributed by atoms with Crippen molar-refractivity contribution in [2.24, 2.45) is 0 Å². The van der Waals surface area contributed by atoms with E-state index in [0.29, 0.717) is 15.8 Å². The van der Waals surface area contributed by atoms with Crippen molar-refractivity contribution in [1.29, 1.82) is 0 Å². The number of pyridine rings is 1. The molecule has 4 aromatic rings. The molecule has 1 amide bonds. The lowest BCUT2D eigenvalue weighted by Gasteiger charge is -2.23. The van der Waals surface area contributed by atoms with Gasteiger partial charge in [-0.25, -0.2) is 4.98 Å². The van der Waals surface area contributed by atoms with Gasteiger partial charge in [-0.1, -0.05) is 17.7 Å². The number of amides is 1. The van der Waals surface area contributed by atoms with Crippen molar-refractivity contribution in [2.75, 3.05) is 12.4 Å². The lowest BCUT2D eigenvalue weighted by atomic mass is 10.0. The maximum atomic E-state index is 13.0. The van der Waals surface area contributed by atoms with E-state index in [-0.39, 0.29) is 22.5 Å². The summed E-state index contributed by atoms with van der Waals surface area (Å²) in [6.07, 6.45) is -4.48. The summed E-state index contributed by atoms with van der Waals surface area (Å²) in [6, 6.07) is 13.6. The Morgan fingerprint density at radius 3 is 2.29 bits per heavy atom. The molecule has 2 aromatic heterocycles. The third kappa shape index (κ3) is 5.78. The van der Waals surface area contributed by atoms with Gasteiger partial charge >= 0.3 is 6.18 Å². The number of nitrogens with one attached hydrogen (secondary N) is 1. The first-order chi connectivity index (χ1) is 17.7. The molecule has 200 valence electrons. The Labute approximate surface area is 225 Å². The van der Waals surface area contributed by atoms with Gasteiger partial charge in [0.25, 0.3) is 16.0 Å². The molecule has 1 N–H and O–H groups in total. The van der Waals surface area contributed by atoms with E-state index in [4.69, 9.17) is 20.5 Å². The average molecular weight is 585 g/mol. The minimum atomic E-state index is -4.48. The van der Waals surface area contributed by atoms with Gasteiger partial charge in [-0.15, -0.1) is 11.3 Å². The van der Waals surface area contributed by atoms with E-state index in [2.05, 4.69) is 10.3 Å². The van der Waals surface area contributed by atoms with Crippen molar-refractivity contribution in [1.82, 2.24) is 4.98 Å². The molecule has 0 atom stereocenters. The van der Waals surface area contributed by atoms with Crippen LogP contribution in [0.1, 0.15) is 34.6 Å². The van der Waals surface area contributed by atoms with Crippen LogP contribution in [0.5, 0.6) is 11.6 Å². The Balaban J connectivity index is 1.54. The van der Waals surface area contributed by atoms with Crippen molar-refractivity contribution in [2.45, 2.75) is 24.8 Å². The summed E-state index contributed by atoms with van der Waals surface area (Å²) in [7, 11) is -2.76. The molecule has 0 spiro atoms. The van der Waals surface area contributed by atoms with E-state index in [0.717, 1.165) is 36.1 Å². The third-order valence-corrected chi connectivity index (χ3v) is 8.95. The van der Waals surface area contributed by atoms with Crippen LogP contribution in [0.3, 0.4) is 0 Å². The van der Waals surface area contributed by atoms with Crippen LogP contribution >= 0.6 is 22.9 Å². The maximum absolute atomic E-state index is 13.0. The van der Waals surface area contributed by atoms with Crippen LogP contribution in [0, 0.1) is 0 Å². The second-order valence-electron chi connectivity index (χ2n) is 8.59. The summed E-state index contributed by atoms with van der Waals surface area (Å²) in [5.74, 6) is -0.391. The van der Waals surface area contributed by atoms with Gasteiger partial charge in [0.2, 0.25) is 5.88 Å². The number of rotatable bonds is 7. The Kier molecular flexibility index (Phi) is 7.45. The highest BCUT2D eigenvalue weighted by Gasteiger charge is 2.36. The zero-order valence-corrected chi connectivity index (χ0v) is 22.5. The van der Waals surface area contributed by atoms with Crippen LogP contribution in [-0.2, 0) is 25.2 Å². The predicted molar refractivity (Wildman–Crippen MR) is 139 cm³/mol. The molecule has 2 heterocycles. The number of nitrogens with zero attached hydrogens (tertiary/aromatic N) is 1. The first kappa shape index (κ1) is 27.8. The number of thiophene rings is 1. The molecule has 0 aliphatic heterocycles. The Morgan fingerprint density at radius 2 is 1.66 bits per heavy atom. The molecule has 2 aromatic carbocycles. The number of benzene rings is 2. The summed E-state index contributed by atoms with van der Waals surface area (Å²) in [4.78, 5) is 17.3. The maximum Gasteiger partial charge on any atom is 0.416 e. The highest BCUT2D eigenvalue weighted by Crippen LogP contribution is 2.36. The van der Waals surface area contributed by atoms with Crippen LogP contribution < -0.4 is 10.1 Å². The number of carbonyl (C=O) groups is 1. The van der Waals surface area contributed by atoms with Gasteiger partial charge in [0.05, 0.1) is 17.6 Å². The van der Waals surface area contributed by atoms with E-state index >= 15 is 0 Å². The fraction of sp³-hybridized carbons (Fsp3) is 0.200. The highest BCUT2D eigenvalue weighted by molar-refractivity contribution is 7.87. The number of carbonyl (C=O) groups excluding carboxylic acids is 1. The van der Waals surface area contributed by atoms with Crippen LogP contribution in [0.25, 0.3) is 10.1 Å². The van der Waals surface area contributed by atoms with Crippen molar-refractivity contribution in [3.8, 4) is 11.6 Å². The largest absolute Gasteiger partial charge is 0.439 e. The fourth-order valence-corrected chi connectivity index (χ4v) is 5.48. The van der Waals surface area contributed by atoms with Crippen LogP contribution in [0.15, 0.2) is 60.7 Å². The number of hydrogen-bond donors (Lipinski definition) is 1. The van der Waals surface area contributed by atoms with E-state index in [1.165, 1.54) is 37.3 Å². The van der Waals surface area contributed by atoms with E-state index in [1.807, 2.05) is 0 Å². The summed E-state index contributed by atoms with van der Waals surface area (Å²) in [6.45, 7) is 3.06.